The van der Waals surface area contributed by atoms with Crippen molar-refractivity contribution in [2.24, 2.45) is 5.73 Å². The van der Waals surface area contributed by atoms with Crippen LogP contribution in [0.4, 0.5) is 0 Å². The highest BCUT2D eigenvalue weighted by Crippen LogP contribution is 2.24. The van der Waals surface area contributed by atoms with Crippen LogP contribution in [0.25, 0.3) is 0 Å². The SMILES string of the molecule is COc1ccccc1OCN.N=C=O.N=C=O. The molecule has 4 N–H and O–H groups in total. The number of methoxy groups -OCH3 is 1. The quantitative estimate of drug-likeness (QED) is 0.408. The molecule has 0 amide bonds. The zero-order valence-electron chi connectivity index (χ0n) is 9.23. The Bertz CT molecular complexity index is 358. The fraction of sp³-hybridized carbons (Fsp3) is 0.200. The summed E-state index contributed by atoms with van der Waals surface area (Å²) in [6.07, 6.45) is 1.50. The first-order chi connectivity index (χ1) is 8.21. The summed E-state index contributed by atoms with van der Waals surface area (Å²) in [4.78, 5) is 16.7. The largest absolute Gasteiger partial charge is 0.493 e. The third-order valence-corrected chi connectivity index (χ3v) is 1.31. The van der Waals surface area contributed by atoms with Gasteiger partial charge in [0.1, 0.15) is 6.73 Å². The van der Waals surface area contributed by atoms with Crippen molar-refractivity contribution in [1.82, 2.24) is 0 Å². The van der Waals surface area contributed by atoms with E-state index < -0.39 is 0 Å². The molecular formula is C10H13N3O4. The lowest BCUT2D eigenvalue weighted by atomic mass is 10.3. The van der Waals surface area contributed by atoms with E-state index in [-0.39, 0.29) is 6.73 Å². The van der Waals surface area contributed by atoms with Crippen LogP contribution in [0.15, 0.2) is 24.3 Å². The van der Waals surface area contributed by atoms with Gasteiger partial charge in [-0.15, -0.1) is 0 Å². The Hall–Kier alpha value is -2.46. The van der Waals surface area contributed by atoms with Crippen LogP contribution < -0.4 is 15.2 Å². The van der Waals surface area contributed by atoms with Gasteiger partial charge in [0.25, 0.3) is 0 Å². The number of hydrogen-bond donors (Lipinski definition) is 3. The van der Waals surface area contributed by atoms with Gasteiger partial charge in [-0.3, -0.25) is 5.73 Å². The van der Waals surface area contributed by atoms with Crippen molar-refractivity contribution in [3.05, 3.63) is 24.3 Å². The summed E-state index contributed by atoms with van der Waals surface area (Å²) in [6.45, 7) is 0.167. The molecule has 1 aromatic carbocycles. The van der Waals surface area contributed by atoms with Crippen LogP contribution in [0.5, 0.6) is 11.5 Å². The Morgan fingerprint density at radius 1 is 1.18 bits per heavy atom. The highest BCUT2D eigenvalue weighted by molar-refractivity contribution is 5.39. The highest BCUT2D eigenvalue weighted by atomic mass is 16.5. The van der Waals surface area contributed by atoms with Gasteiger partial charge in [0.2, 0.25) is 12.2 Å². The average Bonchev–Trinajstić information content (AvgIpc) is 2.32. The molecule has 0 radical (unpaired) electrons. The molecule has 0 aliphatic carbocycles. The topological polar surface area (TPSA) is 126 Å². The normalized spacial score (nSPS) is 6.94. The molecule has 0 saturated heterocycles. The Labute approximate surface area is 98.2 Å². The third kappa shape index (κ3) is 9.84. The zero-order chi connectivity index (χ0) is 13.5. The second kappa shape index (κ2) is 13.5. The Morgan fingerprint density at radius 2 is 1.59 bits per heavy atom. The van der Waals surface area contributed by atoms with Crippen molar-refractivity contribution in [2.75, 3.05) is 13.8 Å². The number of nitrogens with one attached hydrogen (secondary N) is 2. The summed E-state index contributed by atoms with van der Waals surface area (Å²) in [5.41, 5.74) is 5.21. The molecule has 0 spiro atoms. The Morgan fingerprint density at radius 3 is 1.94 bits per heavy atom. The Balaban J connectivity index is 0. The maximum Gasteiger partial charge on any atom is 0.231 e. The average molecular weight is 239 g/mol. The number of hydrogen-bond acceptors (Lipinski definition) is 7. The van der Waals surface area contributed by atoms with Gasteiger partial charge in [-0.05, 0) is 12.1 Å². The maximum atomic E-state index is 8.35. The van der Waals surface area contributed by atoms with E-state index in [1.807, 2.05) is 24.3 Å². The van der Waals surface area contributed by atoms with E-state index in [0.717, 1.165) is 12.2 Å². The molecule has 17 heavy (non-hydrogen) atoms. The van der Waals surface area contributed by atoms with E-state index >= 15 is 0 Å². The van der Waals surface area contributed by atoms with Crippen LogP contribution in [-0.4, -0.2) is 26.0 Å². The number of para-hydroxylation sites is 2. The first kappa shape index (κ1) is 17.0. The monoisotopic (exact) mass is 239 g/mol. The summed E-state index contributed by atoms with van der Waals surface area (Å²) >= 11 is 0. The zero-order valence-corrected chi connectivity index (χ0v) is 9.23. The molecule has 0 aliphatic heterocycles. The van der Waals surface area contributed by atoms with Gasteiger partial charge < -0.3 is 9.47 Å². The van der Waals surface area contributed by atoms with Crippen molar-refractivity contribution in [2.45, 2.75) is 0 Å². The number of ether oxygens (including phenoxy) is 2. The summed E-state index contributed by atoms with van der Waals surface area (Å²) < 4.78 is 10.1. The van der Waals surface area contributed by atoms with Gasteiger partial charge in [0.15, 0.2) is 11.5 Å². The standard InChI is InChI=1S/C8H11NO2.2CHNO/c1-10-7-4-2-3-5-8(7)11-6-9;2*2-1-3/h2-5H,6,9H2,1H3;2*2H. The molecule has 0 bridgehead atoms. The van der Waals surface area contributed by atoms with Crippen molar-refractivity contribution in [1.29, 1.82) is 10.8 Å². The minimum Gasteiger partial charge on any atom is -0.493 e. The van der Waals surface area contributed by atoms with Gasteiger partial charge >= 0.3 is 0 Å². The van der Waals surface area contributed by atoms with E-state index in [1.54, 1.807) is 7.11 Å². The van der Waals surface area contributed by atoms with Crippen LogP contribution in [0, 0.1) is 10.8 Å². The fourth-order valence-electron chi connectivity index (χ4n) is 0.828. The molecule has 0 aromatic heterocycles. The Kier molecular flexibility index (Phi) is 13.5. The molecule has 7 heteroatoms. The second-order valence-corrected chi connectivity index (χ2v) is 2.17. The van der Waals surface area contributed by atoms with Crippen LogP contribution in [0.2, 0.25) is 0 Å². The number of benzene rings is 1. The van der Waals surface area contributed by atoms with E-state index in [4.69, 9.17) is 35.6 Å². The lowest BCUT2D eigenvalue weighted by Crippen LogP contribution is -2.07. The highest BCUT2D eigenvalue weighted by Gasteiger charge is 1.99. The summed E-state index contributed by atoms with van der Waals surface area (Å²) in [5.74, 6) is 1.38. The lowest BCUT2D eigenvalue weighted by Gasteiger charge is -2.06. The van der Waals surface area contributed by atoms with E-state index in [1.165, 1.54) is 0 Å². The predicted octanol–water partition coefficient (Wildman–Crippen LogP) is 0.792. The third-order valence-electron chi connectivity index (χ3n) is 1.31. The predicted molar refractivity (Wildman–Crippen MR) is 59.5 cm³/mol. The minimum absolute atomic E-state index is 0.167. The first-order valence-electron chi connectivity index (χ1n) is 4.25. The fourth-order valence-corrected chi connectivity index (χ4v) is 0.828. The minimum atomic E-state index is 0.167. The molecule has 0 saturated carbocycles. The first-order valence-corrected chi connectivity index (χ1v) is 4.25. The molecule has 1 rings (SSSR count). The van der Waals surface area contributed by atoms with E-state index in [0.29, 0.717) is 11.5 Å². The molecule has 0 atom stereocenters. The van der Waals surface area contributed by atoms with E-state index in [2.05, 4.69) is 0 Å². The van der Waals surface area contributed by atoms with Crippen molar-refractivity contribution in [3.8, 4) is 11.5 Å². The summed E-state index contributed by atoms with van der Waals surface area (Å²) in [5, 5.41) is 10.8. The summed E-state index contributed by atoms with van der Waals surface area (Å²) in [7, 11) is 1.60. The molecule has 0 heterocycles. The van der Waals surface area contributed by atoms with Crippen LogP contribution >= 0.6 is 0 Å². The smallest absolute Gasteiger partial charge is 0.231 e. The molecule has 1 aromatic rings. The van der Waals surface area contributed by atoms with E-state index in [9.17, 15) is 0 Å². The molecule has 0 unspecified atom stereocenters. The van der Waals surface area contributed by atoms with Gasteiger partial charge in [-0.25, -0.2) is 20.4 Å². The van der Waals surface area contributed by atoms with Crippen molar-refractivity contribution < 1.29 is 19.1 Å². The van der Waals surface area contributed by atoms with Crippen LogP contribution in [0.1, 0.15) is 0 Å². The number of carbonyl (C=O) groups excluding carboxylic acids is 2. The molecule has 92 valence electrons. The van der Waals surface area contributed by atoms with Gasteiger partial charge in [-0.1, -0.05) is 12.1 Å². The van der Waals surface area contributed by atoms with Crippen LogP contribution in [-0.2, 0) is 9.59 Å². The van der Waals surface area contributed by atoms with Gasteiger partial charge in [0.05, 0.1) is 7.11 Å². The van der Waals surface area contributed by atoms with Gasteiger partial charge in [0, 0.05) is 0 Å². The molecular weight excluding hydrogens is 226 g/mol. The van der Waals surface area contributed by atoms with Crippen molar-refractivity contribution in [3.63, 3.8) is 0 Å². The number of nitrogens with two attached hydrogens (primary N) is 1. The summed E-state index contributed by atoms with van der Waals surface area (Å²) in [6, 6.07) is 7.38. The maximum absolute atomic E-state index is 8.35. The van der Waals surface area contributed by atoms with Gasteiger partial charge in [-0.2, -0.15) is 0 Å². The lowest BCUT2D eigenvalue weighted by molar-refractivity contribution is 0.303. The second-order valence-electron chi connectivity index (χ2n) is 2.17. The van der Waals surface area contributed by atoms with Crippen molar-refractivity contribution >= 4 is 12.2 Å². The van der Waals surface area contributed by atoms with Crippen LogP contribution in [0.3, 0.4) is 0 Å². The molecule has 0 aliphatic rings. The number of isocyanates is 2. The number of rotatable bonds is 3. The molecule has 0 fully saturated rings. The molecule has 7 nitrogen and oxygen atoms in total.